The number of nitrogens with one attached hydrogen (secondary N) is 1. The first-order valence-electron chi connectivity index (χ1n) is 11.2. The normalized spacial score (nSPS) is 11.7. The Morgan fingerprint density at radius 1 is 0.943 bits per heavy atom. The predicted molar refractivity (Wildman–Crippen MR) is 139 cm³/mol. The van der Waals surface area contributed by atoms with Crippen LogP contribution in [0.2, 0.25) is 0 Å². The van der Waals surface area contributed by atoms with E-state index in [2.05, 4.69) is 15.3 Å². The molecule has 3 aromatic rings. The second-order valence-corrected chi connectivity index (χ2v) is 12.5. The second kappa shape index (κ2) is 10.8. The Kier molecular flexibility index (Phi) is 8.22. The van der Waals surface area contributed by atoms with Gasteiger partial charge in [0.05, 0.1) is 22.5 Å². The summed E-state index contributed by atoms with van der Waals surface area (Å²) in [5.74, 6) is -0.382. The van der Waals surface area contributed by atoms with Crippen molar-refractivity contribution < 1.29 is 19.1 Å². The molecule has 7 nitrogen and oxygen atoms in total. The number of nitrogens with zero attached hydrogens (tertiary/aromatic N) is 2. The Hall–Kier alpha value is -2.91. The van der Waals surface area contributed by atoms with Crippen LogP contribution in [0.1, 0.15) is 62.6 Å². The zero-order chi connectivity index (χ0) is 25.8. The van der Waals surface area contributed by atoms with E-state index in [0.717, 1.165) is 30.9 Å². The minimum absolute atomic E-state index is 0.276. The van der Waals surface area contributed by atoms with Gasteiger partial charge in [-0.25, -0.2) is 14.6 Å². The van der Waals surface area contributed by atoms with Crippen molar-refractivity contribution in [2.75, 3.05) is 0 Å². The van der Waals surface area contributed by atoms with E-state index >= 15 is 0 Å². The molecule has 0 unspecified atom stereocenters. The van der Waals surface area contributed by atoms with Crippen molar-refractivity contribution in [1.82, 2.24) is 15.3 Å². The molecule has 3 rings (SSSR count). The molecule has 1 amide bonds. The number of carbonyl (C=O) groups is 2. The molecule has 0 aliphatic heterocycles. The molecule has 2 aromatic heterocycles. The average molecular weight is 514 g/mol. The monoisotopic (exact) mass is 513 g/mol. The molecule has 35 heavy (non-hydrogen) atoms. The quantitative estimate of drug-likeness (QED) is 0.369. The van der Waals surface area contributed by atoms with Crippen LogP contribution in [0.4, 0.5) is 4.79 Å². The topological polar surface area (TPSA) is 90.4 Å². The molecule has 0 saturated carbocycles. The molecule has 0 aliphatic rings. The number of aromatic nitrogens is 2. The molecule has 186 valence electrons. The van der Waals surface area contributed by atoms with Gasteiger partial charge in [0, 0.05) is 22.3 Å². The van der Waals surface area contributed by atoms with E-state index in [1.165, 1.54) is 23.1 Å². The lowest BCUT2D eigenvalue weighted by Crippen LogP contribution is -2.32. The number of hydrogen-bond donors (Lipinski definition) is 1. The van der Waals surface area contributed by atoms with Crippen molar-refractivity contribution in [3.63, 3.8) is 0 Å². The molecule has 9 heteroatoms. The minimum atomic E-state index is -0.598. The van der Waals surface area contributed by atoms with Crippen LogP contribution in [0.3, 0.4) is 0 Å². The lowest BCUT2D eigenvalue weighted by atomic mass is 10.0. The van der Waals surface area contributed by atoms with Gasteiger partial charge in [-0.2, -0.15) is 0 Å². The summed E-state index contributed by atoms with van der Waals surface area (Å²) >= 11 is 2.97. The summed E-state index contributed by atoms with van der Waals surface area (Å²) in [6.45, 7) is 13.2. The van der Waals surface area contributed by atoms with E-state index in [0.29, 0.717) is 5.56 Å². The summed E-state index contributed by atoms with van der Waals surface area (Å²) in [7, 11) is 0. The Labute approximate surface area is 214 Å². The number of rotatable bonds is 6. The maximum absolute atomic E-state index is 12.8. The van der Waals surface area contributed by atoms with Crippen LogP contribution in [0.5, 0.6) is 0 Å². The first-order chi connectivity index (χ1) is 16.3. The maximum atomic E-state index is 12.8. The largest absolute Gasteiger partial charge is 0.456 e. The fourth-order valence-electron chi connectivity index (χ4n) is 2.92. The van der Waals surface area contributed by atoms with Crippen molar-refractivity contribution in [2.24, 2.45) is 0 Å². The SMILES string of the molecule is Cc1ccc(-c2cc(Sc3cnc(CNC(=O)OC(C)(C)C)s3)cc(C(=O)OC(C)(C)C)c2)cn1. The van der Waals surface area contributed by atoms with Crippen LogP contribution in [0, 0.1) is 6.92 Å². The second-order valence-electron chi connectivity index (χ2n) is 9.97. The van der Waals surface area contributed by atoms with Crippen molar-refractivity contribution in [3.05, 3.63) is 59.0 Å². The Morgan fingerprint density at radius 2 is 1.66 bits per heavy atom. The molecular formula is C26H31N3O4S2. The summed E-state index contributed by atoms with van der Waals surface area (Å²) < 4.78 is 11.8. The maximum Gasteiger partial charge on any atom is 0.408 e. The Balaban J connectivity index is 1.81. The van der Waals surface area contributed by atoms with Crippen LogP contribution < -0.4 is 5.32 Å². The third-order valence-corrected chi connectivity index (χ3v) is 6.39. The van der Waals surface area contributed by atoms with Gasteiger partial charge in [-0.1, -0.05) is 17.8 Å². The molecule has 1 aromatic carbocycles. The van der Waals surface area contributed by atoms with Crippen LogP contribution in [0.15, 0.2) is 51.8 Å². The average Bonchev–Trinajstić information content (AvgIpc) is 3.17. The summed E-state index contributed by atoms with van der Waals surface area (Å²) in [5.41, 5.74) is 2.02. The zero-order valence-electron chi connectivity index (χ0n) is 21.1. The van der Waals surface area contributed by atoms with E-state index < -0.39 is 17.3 Å². The van der Waals surface area contributed by atoms with Crippen molar-refractivity contribution in [1.29, 1.82) is 0 Å². The highest BCUT2D eigenvalue weighted by molar-refractivity contribution is 8.01. The van der Waals surface area contributed by atoms with E-state index in [-0.39, 0.29) is 12.5 Å². The number of esters is 1. The predicted octanol–water partition coefficient (Wildman–Crippen LogP) is 6.64. The highest BCUT2D eigenvalue weighted by atomic mass is 32.2. The van der Waals surface area contributed by atoms with E-state index in [9.17, 15) is 9.59 Å². The van der Waals surface area contributed by atoms with Gasteiger partial charge >= 0.3 is 12.1 Å². The lowest BCUT2D eigenvalue weighted by molar-refractivity contribution is 0.00689. The Bertz CT molecular complexity index is 1190. The number of thiazole rings is 1. The standard InChI is InChI=1S/C26H31N3O4S2/c1-16-8-9-17(13-27-16)18-10-19(23(30)32-25(2,3)4)12-20(11-18)34-22-15-28-21(35-22)14-29-24(31)33-26(5,6)7/h8-13,15H,14H2,1-7H3,(H,29,31). The third kappa shape index (κ3) is 8.67. The highest BCUT2D eigenvalue weighted by Crippen LogP contribution is 2.35. The number of aryl methyl sites for hydroxylation is 1. The number of ether oxygens (including phenoxy) is 2. The van der Waals surface area contributed by atoms with Crippen LogP contribution in [0.25, 0.3) is 11.1 Å². The van der Waals surface area contributed by atoms with Gasteiger partial charge < -0.3 is 14.8 Å². The van der Waals surface area contributed by atoms with Gasteiger partial charge in [0.2, 0.25) is 0 Å². The van der Waals surface area contributed by atoms with Gasteiger partial charge in [-0.05, 0) is 78.3 Å². The van der Waals surface area contributed by atoms with E-state index in [4.69, 9.17) is 9.47 Å². The van der Waals surface area contributed by atoms with Gasteiger partial charge in [0.15, 0.2) is 0 Å². The van der Waals surface area contributed by atoms with Crippen molar-refractivity contribution >= 4 is 35.2 Å². The van der Waals surface area contributed by atoms with Crippen LogP contribution >= 0.6 is 23.1 Å². The van der Waals surface area contributed by atoms with Crippen molar-refractivity contribution in [3.8, 4) is 11.1 Å². The van der Waals surface area contributed by atoms with Crippen LogP contribution in [-0.2, 0) is 16.0 Å². The number of alkyl carbamates (subject to hydrolysis) is 1. The molecular weight excluding hydrogens is 482 g/mol. The Morgan fingerprint density at radius 3 is 2.29 bits per heavy atom. The molecule has 2 heterocycles. The number of amides is 1. The number of pyridine rings is 1. The minimum Gasteiger partial charge on any atom is -0.456 e. The zero-order valence-corrected chi connectivity index (χ0v) is 22.7. The summed E-state index contributed by atoms with van der Waals surface area (Å²) in [4.78, 5) is 34.4. The number of carbonyl (C=O) groups excluding carboxylic acids is 2. The summed E-state index contributed by atoms with van der Waals surface area (Å²) in [6.07, 6.45) is 3.07. The number of benzene rings is 1. The highest BCUT2D eigenvalue weighted by Gasteiger charge is 2.20. The lowest BCUT2D eigenvalue weighted by Gasteiger charge is -2.20. The van der Waals surface area contributed by atoms with E-state index in [1.54, 1.807) is 12.4 Å². The van der Waals surface area contributed by atoms with Crippen molar-refractivity contribution in [2.45, 2.75) is 75.3 Å². The third-order valence-electron chi connectivity index (χ3n) is 4.32. The molecule has 1 N–H and O–H groups in total. The van der Waals surface area contributed by atoms with Gasteiger partial charge in [0.1, 0.15) is 16.2 Å². The molecule has 0 bridgehead atoms. The van der Waals surface area contributed by atoms with Gasteiger partial charge in [-0.15, -0.1) is 11.3 Å². The summed E-state index contributed by atoms with van der Waals surface area (Å²) in [5, 5.41) is 3.48. The van der Waals surface area contributed by atoms with Crippen LogP contribution in [-0.4, -0.2) is 33.2 Å². The fourth-order valence-corrected chi connectivity index (χ4v) is 4.96. The summed E-state index contributed by atoms with van der Waals surface area (Å²) in [6, 6.07) is 9.59. The number of hydrogen-bond acceptors (Lipinski definition) is 8. The molecule has 0 fully saturated rings. The first kappa shape index (κ1) is 26.7. The molecule has 0 atom stereocenters. The first-order valence-corrected chi connectivity index (χ1v) is 12.8. The molecule has 0 saturated heterocycles. The molecule has 0 radical (unpaired) electrons. The fraction of sp³-hybridized carbons (Fsp3) is 0.385. The smallest absolute Gasteiger partial charge is 0.408 e. The molecule has 0 spiro atoms. The van der Waals surface area contributed by atoms with Gasteiger partial charge in [0.25, 0.3) is 0 Å². The van der Waals surface area contributed by atoms with E-state index in [1.807, 2.05) is 78.8 Å². The van der Waals surface area contributed by atoms with Gasteiger partial charge in [-0.3, -0.25) is 4.98 Å². The molecule has 0 aliphatic carbocycles.